The van der Waals surface area contributed by atoms with Crippen LogP contribution in [0.15, 0.2) is 66.7 Å². The van der Waals surface area contributed by atoms with Crippen molar-refractivity contribution in [2.75, 3.05) is 18.1 Å². The van der Waals surface area contributed by atoms with E-state index in [9.17, 15) is 32.2 Å². The molecule has 214 valence electrons. The average Bonchev–Trinajstić information content (AvgIpc) is 2.90. The minimum absolute atomic E-state index is 0.124. The van der Waals surface area contributed by atoms with Crippen molar-refractivity contribution < 1.29 is 45.7 Å². The van der Waals surface area contributed by atoms with Crippen molar-refractivity contribution in [2.24, 2.45) is 5.92 Å². The molecule has 0 bridgehead atoms. The second-order valence-electron chi connectivity index (χ2n) is 9.41. The van der Waals surface area contributed by atoms with Gasteiger partial charge in [-0.3, -0.25) is 9.35 Å². The molecule has 1 amide bonds. The number of phenols is 1. The van der Waals surface area contributed by atoms with Crippen molar-refractivity contribution in [3.8, 4) is 11.5 Å². The van der Waals surface area contributed by atoms with Gasteiger partial charge in [-0.1, -0.05) is 12.1 Å². The fourth-order valence-electron chi connectivity index (χ4n) is 4.69. The SMILES string of the molecule is O=C1[C@H](CC[C@H](O)c2ccc(F)cc2)[C@@H](c2ccc(OCCCCOS(=O)(=O)O)cc2O)N1c1ccc(F)cc1. The molecule has 1 heterocycles. The highest BCUT2D eigenvalue weighted by Crippen LogP contribution is 2.49. The minimum atomic E-state index is -4.49. The lowest BCUT2D eigenvalue weighted by Crippen LogP contribution is -2.55. The number of aliphatic hydroxyl groups is 1. The van der Waals surface area contributed by atoms with Crippen LogP contribution in [0.25, 0.3) is 0 Å². The van der Waals surface area contributed by atoms with Crippen molar-refractivity contribution in [2.45, 2.75) is 37.8 Å². The van der Waals surface area contributed by atoms with Crippen LogP contribution in [0.1, 0.15) is 49.0 Å². The van der Waals surface area contributed by atoms with Crippen LogP contribution < -0.4 is 9.64 Å². The zero-order chi connectivity index (χ0) is 28.9. The summed E-state index contributed by atoms with van der Waals surface area (Å²) in [5.41, 5.74) is 1.42. The highest BCUT2D eigenvalue weighted by atomic mass is 32.3. The van der Waals surface area contributed by atoms with Crippen LogP contribution in [0.2, 0.25) is 0 Å². The number of hydrogen-bond acceptors (Lipinski definition) is 7. The summed E-state index contributed by atoms with van der Waals surface area (Å²) < 4.78 is 66.3. The van der Waals surface area contributed by atoms with Gasteiger partial charge in [0.15, 0.2) is 0 Å². The van der Waals surface area contributed by atoms with Gasteiger partial charge in [0, 0.05) is 17.3 Å². The third-order valence-corrected chi connectivity index (χ3v) is 7.15. The number of carbonyl (C=O) groups excluding carboxylic acids is 1. The molecular formula is C28H29F2NO8S. The summed E-state index contributed by atoms with van der Waals surface area (Å²) in [6.07, 6.45) is 0.321. The van der Waals surface area contributed by atoms with E-state index >= 15 is 0 Å². The number of aromatic hydroxyl groups is 1. The van der Waals surface area contributed by atoms with Crippen LogP contribution in [0.5, 0.6) is 11.5 Å². The maximum atomic E-state index is 13.5. The molecule has 3 aromatic rings. The Kier molecular flexibility index (Phi) is 9.36. The molecule has 0 saturated carbocycles. The van der Waals surface area contributed by atoms with E-state index in [1.165, 1.54) is 59.5 Å². The number of ether oxygens (including phenoxy) is 1. The highest BCUT2D eigenvalue weighted by Gasteiger charge is 2.49. The molecule has 0 radical (unpaired) electrons. The lowest BCUT2D eigenvalue weighted by atomic mass is 9.78. The number of hydrogen-bond donors (Lipinski definition) is 3. The summed E-state index contributed by atoms with van der Waals surface area (Å²) in [6, 6.07) is 15.0. The second-order valence-corrected chi connectivity index (χ2v) is 10.5. The predicted octanol–water partition coefficient (Wildman–Crippen LogP) is 4.87. The van der Waals surface area contributed by atoms with Crippen LogP contribution in [-0.2, 0) is 19.4 Å². The molecular weight excluding hydrogens is 548 g/mol. The first-order chi connectivity index (χ1) is 19.0. The molecule has 0 aromatic heterocycles. The number of β-lactam (4-membered cyclic amide) rings is 1. The van der Waals surface area contributed by atoms with Gasteiger partial charge < -0.3 is 19.8 Å². The molecule has 1 saturated heterocycles. The summed E-state index contributed by atoms with van der Waals surface area (Å²) in [5, 5.41) is 21.5. The fraction of sp³-hybridized carbons (Fsp3) is 0.321. The smallest absolute Gasteiger partial charge is 0.397 e. The van der Waals surface area contributed by atoms with Gasteiger partial charge in [0.2, 0.25) is 5.91 Å². The van der Waals surface area contributed by atoms with Gasteiger partial charge in [-0.15, -0.1) is 0 Å². The molecule has 1 fully saturated rings. The van der Waals surface area contributed by atoms with Gasteiger partial charge in [0.25, 0.3) is 0 Å². The quantitative estimate of drug-likeness (QED) is 0.149. The number of unbranched alkanes of at least 4 members (excludes halogenated alkanes) is 1. The van der Waals surface area contributed by atoms with Gasteiger partial charge in [0.05, 0.1) is 31.3 Å². The lowest BCUT2D eigenvalue weighted by molar-refractivity contribution is -0.131. The first-order valence-electron chi connectivity index (χ1n) is 12.6. The number of anilines is 1. The van der Waals surface area contributed by atoms with Gasteiger partial charge in [0.1, 0.15) is 23.1 Å². The predicted molar refractivity (Wildman–Crippen MR) is 141 cm³/mol. The van der Waals surface area contributed by atoms with Gasteiger partial charge in [-0.05, 0) is 79.8 Å². The van der Waals surface area contributed by atoms with Crippen LogP contribution in [0.4, 0.5) is 14.5 Å². The Labute approximate surface area is 230 Å². The first-order valence-corrected chi connectivity index (χ1v) is 14.0. The van der Waals surface area contributed by atoms with Gasteiger partial charge in [-0.2, -0.15) is 8.42 Å². The van der Waals surface area contributed by atoms with E-state index in [0.29, 0.717) is 35.4 Å². The van der Waals surface area contributed by atoms with Crippen LogP contribution in [0.3, 0.4) is 0 Å². The molecule has 3 aromatic carbocycles. The van der Waals surface area contributed by atoms with Crippen molar-refractivity contribution in [1.29, 1.82) is 0 Å². The number of carbonyl (C=O) groups is 1. The van der Waals surface area contributed by atoms with Crippen LogP contribution in [0, 0.1) is 17.6 Å². The Hall–Kier alpha value is -3.58. The maximum absolute atomic E-state index is 13.5. The van der Waals surface area contributed by atoms with E-state index in [0.717, 1.165) is 0 Å². The number of amides is 1. The first kappa shape index (κ1) is 29.4. The molecule has 3 atom stereocenters. The normalized spacial score (nSPS) is 17.9. The van der Waals surface area contributed by atoms with Crippen LogP contribution >= 0.6 is 0 Å². The van der Waals surface area contributed by atoms with Gasteiger partial charge in [-0.25, -0.2) is 13.0 Å². The van der Waals surface area contributed by atoms with Crippen LogP contribution in [-0.4, -0.2) is 42.3 Å². The van der Waals surface area contributed by atoms with E-state index in [1.54, 1.807) is 12.1 Å². The number of benzene rings is 3. The number of nitrogens with zero attached hydrogens (tertiary/aromatic N) is 1. The van der Waals surface area contributed by atoms with E-state index < -0.39 is 40.1 Å². The Morgan fingerprint density at radius 3 is 2.17 bits per heavy atom. The summed E-state index contributed by atoms with van der Waals surface area (Å²) in [6.45, 7) is -0.000301. The molecule has 4 rings (SSSR count). The zero-order valence-electron chi connectivity index (χ0n) is 21.3. The third-order valence-electron chi connectivity index (χ3n) is 6.68. The fourth-order valence-corrected chi connectivity index (χ4v) is 5.01. The number of rotatable bonds is 13. The monoisotopic (exact) mass is 577 g/mol. The minimum Gasteiger partial charge on any atom is -0.507 e. The summed E-state index contributed by atoms with van der Waals surface area (Å²) in [5.74, 6) is -1.48. The largest absolute Gasteiger partial charge is 0.507 e. The molecule has 0 spiro atoms. The molecule has 0 unspecified atom stereocenters. The van der Waals surface area contributed by atoms with Crippen molar-refractivity contribution >= 4 is 22.0 Å². The topological polar surface area (TPSA) is 134 Å². The number of phenolic OH excluding ortho intramolecular Hbond substituents is 1. The zero-order valence-corrected chi connectivity index (χ0v) is 22.1. The number of aliphatic hydroxyl groups excluding tert-OH is 1. The Balaban J connectivity index is 1.46. The summed E-state index contributed by atoms with van der Waals surface area (Å²) in [4.78, 5) is 14.7. The Morgan fingerprint density at radius 2 is 1.55 bits per heavy atom. The highest BCUT2D eigenvalue weighted by molar-refractivity contribution is 7.80. The maximum Gasteiger partial charge on any atom is 0.397 e. The molecule has 1 aliphatic heterocycles. The molecule has 0 aliphatic carbocycles. The summed E-state index contributed by atoms with van der Waals surface area (Å²) in [7, 11) is -4.49. The Morgan fingerprint density at radius 1 is 0.925 bits per heavy atom. The standard InChI is InChI=1S/C28H29F2NO8S/c29-19-5-3-18(4-6-19)25(32)14-13-24-27(31(28(24)34)21-9-7-20(30)8-10-21)23-12-11-22(17-26(23)33)38-15-1-2-16-39-40(35,36)37/h3-12,17,24-25,27,32-33H,1-2,13-16H2,(H,35,36,37)/t24-,25+,27-/m1/s1. The van der Waals surface area contributed by atoms with Gasteiger partial charge >= 0.3 is 10.4 Å². The van der Waals surface area contributed by atoms with E-state index in [-0.39, 0.29) is 37.7 Å². The van der Waals surface area contributed by atoms with Crippen molar-refractivity contribution in [3.63, 3.8) is 0 Å². The third kappa shape index (κ3) is 7.33. The van der Waals surface area contributed by atoms with Crippen molar-refractivity contribution in [1.82, 2.24) is 0 Å². The molecule has 40 heavy (non-hydrogen) atoms. The molecule has 9 nitrogen and oxygen atoms in total. The van der Waals surface area contributed by atoms with E-state index in [4.69, 9.17) is 9.29 Å². The average molecular weight is 578 g/mol. The lowest BCUT2D eigenvalue weighted by Gasteiger charge is -2.48. The summed E-state index contributed by atoms with van der Waals surface area (Å²) >= 11 is 0. The second kappa shape index (κ2) is 12.7. The Bertz CT molecular complexity index is 1420. The van der Waals surface area contributed by atoms with E-state index in [1.807, 2.05) is 0 Å². The number of halogens is 2. The van der Waals surface area contributed by atoms with E-state index in [2.05, 4.69) is 4.18 Å². The molecule has 3 N–H and O–H groups in total. The molecule has 1 aliphatic rings. The van der Waals surface area contributed by atoms with Crippen molar-refractivity contribution in [3.05, 3.63) is 89.5 Å². The molecule has 12 heteroatoms.